The van der Waals surface area contributed by atoms with Crippen molar-refractivity contribution in [3.63, 3.8) is 0 Å². The number of hydrogen-bond donors (Lipinski definition) is 3. The van der Waals surface area contributed by atoms with Crippen LogP contribution in [0.15, 0.2) is 18.2 Å². The number of β-amino-alcohol motifs (C(OH)–C–C–N with tert-alkyl or cyclic N) is 1. The van der Waals surface area contributed by atoms with Crippen molar-refractivity contribution in [1.82, 2.24) is 5.32 Å². The fraction of sp³-hybridized carbons (Fsp3) is 0.462. The molecule has 1 heterocycles. The molecule has 2 rings (SSSR count). The summed E-state index contributed by atoms with van der Waals surface area (Å²) in [7, 11) is 3.74. The third-order valence-corrected chi connectivity index (χ3v) is 3.42. The van der Waals surface area contributed by atoms with Gasteiger partial charge in [-0.3, -0.25) is 4.79 Å². The molecule has 1 fully saturated rings. The number of rotatable bonds is 3. The maximum atomic E-state index is 12.1. The largest absolute Gasteiger partial charge is 0.392 e. The molecule has 0 bridgehead atoms. The molecule has 0 radical (unpaired) electrons. The maximum Gasteiger partial charge on any atom is 0.241 e. The Labute approximate surface area is 117 Å². The first-order valence-corrected chi connectivity index (χ1v) is 6.55. The minimum Gasteiger partial charge on any atom is -0.392 e. The Balaban J connectivity index is 2.15. The minimum atomic E-state index is -0.455. The molecule has 2 atom stereocenters. The SMILES string of the molecule is CN(C)c1c(Cl)cccc1NC(=O)C1CC(O)CN1. The summed E-state index contributed by atoms with van der Waals surface area (Å²) < 4.78 is 0. The van der Waals surface area contributed by atoms with Gasteiger partial charge in [0.15, 0.2) is 0 Å². The van der Waals surface area contributed by atoms with Crippen molar-refractivity contribution in [3.8, 4) is 0 Å². The Morgan fingerprint density at radius 1 is 1.53 bits per heavy atom. The van der Waals surface area contributed by atoms with Gasteiger partial charge in [0.05, 0.1) is 28.5 Å². The summed E-state index contributed by atoms with van der Waals surface area (Å²) in [4.78, 5) is 14.0. The number of benzene rings is 1. The number of nitrogens with one attached hydrogen (secondary N) is 2. The van der Waals surface area contributed by atoms with E-state index in [0.29, 0.717) is 23.7 Å². The third-order valence-electron chi connectivity index (χ3n) is 3.12. The number of hydrogen-bond acceptors (Lipinski definition) is 4. The Morgan fingerprint density at radius 3 is 2.84 bits per heavy atom. The first-order chi connectivity index (χ1) is 8.99. The smallest absolute Gasteiger partial charge is 0.241 e. The zero-order valence-electron chi connectivity index (χ0n) is 11.0. The monoisotopic (exact) mass is 283 g/mol. The predicted molar refractivity (Wildman–Crippen MR) is 76.8 cm³/mol. The number of halogens is 1. The van der Waals surface area contributed by atoms with Gasteiger partial charge in [0.1, 0.15) is 0 Å². The van der Waals surface area contributed by atoms with Crippen LogP contribution in [0.5, 0.6) is 0 Å². The second kappa shape index (κ2) is 5.77. The fourth-order valence-electron chi connectivity index (χ4n) is 2.21. The van der Waals surface area contributed by atoms with Crippen LogP contribution < -0.4 is 15.5 Å². The zero-order chi connectivity index (χ0) is 14.0. The summed E-state index contributed by atoms with van der Waals surface area (Å²) in [6.45, 7) is 0.453. The molecule has 0 aliphatic carbocycles. The lowest BCUT2D eigenvalue weighted by Gasteiger charge is -2.20. The molecule has 104 valence electrons. The normalized spacial score (nSPS) is 22.3. The molecule has 0 aromatic heterocycles. The first-order valence-electron chi connectivity index (χ1n) is 6.17. The molecular formula is C13H18ClN3O2. The van der Waals surface area contributed by atoms with Gasteiger partial charge in [-0.15, -0.1) is 0 Å². The molecule has 1 aliphatic heterocycles. The molecule has 1 aliphatic rings. The second-order valence-corrected chi connectivity index (χ2v) is 5.28. The van der Waals surface area contributed by atoms with Crippen LogP contribution in [-0.4, -0.2) is 43.8 Å². The summed E-state index contributed by atoms with van der Waals surface area (Å²) in [6.07, 6.45) is -0.0209. The standard InChI is InChI=1S/C13H18ClN3O2/c1-17(2)12-9(14)4-3-5-10(12)16-13(19)11-6-8(18)7-15-11/h3-5,8,11,15,18H,6-7H2,1-2H3,(H,16,19). The molecule has 6 heteroatoms. The van der Waals surface area contributed by atoms with Crippen LogP contribution in [0.2, 0.25) is 5.02 Å². The van der Waals surface area contributed by atoms with Gasteiger partial charge in [-0.05, 0) is 18.6 Å². The predicted octanol–water partition coefficient (Wildman–Crippen LogP) is 1.07. The molecule has 0 saturated carbocycles. The van der Waals surface area contributed by atoms with Crippen LogP contribution in [-0.2, 0) is 4.79 Å². The first kappa shape index (κ1) is 14.1. The van der Waals surface area contributed by atoms with Gasteiger partial charge in [-0.25, -0.2) is 0 Å². The van der Waals surface area contributed by atoms with E-state index in [1.165, 1.54) is 0 Å². The summed E-state index contributed by atoms with van der Waals surface area (Å²) in [6, 6.07) is 5.03. The van der Waals surface area contributed by atoms with Gasteiger partial charge in [0, 0.05) is 20.6 Å². The number of carbonyl (C=O) groups excluding carboxylic acids is 1. The van der Waals surface area contributed by atoms with Crippen LogP contribution in [0.25, 0.3) is 0 Å². The minimum absolute atomic E-state index is 0.151. The van der Waals surface area contributed by atoms with Crippen LogP contribution in [0.1, 0.15) is 6.42 Å². The van der Waals surface area contributed by atoms with E-state index in [0.717, 1.165) is 5.69 Å². The summed E-state index contributed by atoms with van der Waals surface area (Å²) >= 11 is 6.14. The lowest BCUT2D eigenvalue weighted by molar-refractivity contribution is -0.117. The van der Waals surface area contributed by atoms with E-state index in [1.54, 1.807) is 12.1 Å². The van der Waals surface area contributed by atoms with Crippen molar-refractivity contribution in [2.24, 2.45) is 0 Å². The summed E-state index contributed by atoms with van der Waals surface area (Å²) in [5.74, 6) is -0.151. The molecule has 1 aromatic rings. The highest BCUT2D eigenvalue weighted by molar-refractivity contribution is 6.34. The third kappa shape index (κ3) is 3.18. The molecular weight excluding hydrogens is 266 g/mol. The number of para-hydroxylation sites is 1. The van der Waals surface area contributed by atoms with Gasteiger partial charge in [-0.1, -0.05) is 17.7 Å². The molecule has 1 saturated heterocycles. The van der Waals surface area contributed by atoms with Crippen molar-refractivity contribution in [2.75, 3.05) is 30.9 Å². The highest BCUT2D eigenvalue weighted by atomic mass is 35.5. The maximum absolute atomic E-state index is 12.1. The molecule has 1 aromatic carbocycles. The number of aliphatic hydroxyl groups excluding tert-OH is 1. The van der Waals surface area contributed by atoms with Crippen molar-refractivity contribution >= 4 is 28.9 Å². The Hall–Kier alpha value is -1.30. The van der Waals surface area contributed by atoms with Crippen molar-refractivity contribution in [1.29, 1.82) is 0 Å². The number of nitrogens with zero attached hydrogens (tertiary/aromatic N) is 1. The van der Waals surface area contributed by atoms with Crippen LogP contribution in [0.4, 0.5) is 11.4 Å². The number of aliphatic hydroxyl groups is 1. The van der Waals surface area contributed by atoms with Crippen molar-refractivity contribution < 1.29 is 9.90 Å². The van der Waals surface area contributed by atoms with E-state index in [-0.39, 0.29) is 11.9 Å². The van der Waals surface area contributed by atoms with E-state index in [9.17, 15) is 9.90 Å². The van der Waals surface area contributed by atoms with Crippen LogP contribution in [0, 0.1) is 0 Å². The van der Waals surface area contributed by atoms with E-state index in [4.69, 9.17) is 11.6 Å². The van der Waals surface area contributed by atoms with Gasteiger partial charge >= 0.3 is 0 Å². The van der Waals surface area contributed by atoms with Crippen molar-refractivity contribution in [2.45, 2.75) is 18.6 Å². The molecule has 3 N–H and O–H groups in total. The van der Waals surface area contributed by atoms with E-state index < -0.39 is 6.10 Å². The topological polar surface area (TPSA) is 64.6 Å². The molecule has 5 nitrogen and oxygen atoms in total. The average Bonchev–Trinajstić information content (AvgIpc) is 2.75. The second-order valence-electron chi connectivity index (χ2n) is 4.87. The van der Waals surface area contributed by atoms with Crippen LogP contribution >= 0.6 is 11.6 Å². The molecule has 19 heavy (non-hydrogen) atoms. The van der Waals surface area contributed by atoms with Crippen LogP contribution in [0.3, 0.4) is 0 Å². The summed E-state index contributed by atoms with van der Waals surface area (Å²) in [5.41, 5.74) is 1.45. The van der Waals surface area contributed by atoms with Gasteiger partial charge in [-0.2, -0.15) is 0 Å². The highest BCUT2D eigenvalue weighted by Crippen LogP contribution is 2.32. The van der Waals surface area contributed by atoms with Gasteiger partial charge in [0.25, 0.3) is 0 Å². The van der Waals surface area contributed by atoms with Crippen molar-refractivity contribution in [3.05, 3.63) is 23.2 Å². The Kier molecular flexibility index (Phi) is 4.29. The quantitative estimate of drug-likeness (QED) is 0.776. The Morgan fingerprint density at radius 2 is 2.26 bits per heavy atom. The molecule has 1 amide bonds. The molecule has 0 spiro atoms. The number of amides is 1. The number of carbonyl (C=O) groups is 1. The summed E-state index contributed by atoms with van der Waals surface area (Å²) in [5, 5.41) is 15.9. The van der Waals surface area contributed by atoms with Gasteiger partial charge < -0.3 is 20.6 Å². The zero-order valence-corrected chi connectivity index (χ0v) is 11.7. The van der Waals surface area contributed by atoms with Gasteiger partial charge in [0.2, 0.25) is 5.91 Å². The van der Waals surface area contributed by atoms with E-state index in [2.05, 4.69) is 10.6 Å². The average molecular weight is 284 g/mol. The lowest BCUT2D eigenvalue weighted by Crippen LogP contribution is -2.35. The fourth-order valence-corrected chi connectivity index (χ4v) is 2.55. The Bertz CT molecular complexity index is 479. The highest BCUT2D eigenvalue weighted by Gasteiger charge is 2.28. The lowest BCUT2D eigenvalue weighted by atomic mass is 10.2. The molecule has 2 unspecified atom stereocenters. The number of anilines is 2. The van der Waals surface area contributed by atoms with E-state index >= 15 is 0 Å². The van der Waals surface area contributed by atoms with E-state index in [1.807, 2.05) is 25.1 Å².